The zero-order chi connectivity index (χ0) is 12.0. The minimum atomic E-state index is -3.04. The lowest BCUT2D eigenvalue weighted by Crippen LogP contribution is -2.00. The number of nitrogens with two attached hydrogens (primary N) is 1. The standard InChI is InChI=1S/C9H17N2O3PS/c1-3-13-15(12,14-4-2)6-8-7-16-9(5-10)11-8/h7H,3-6,10H2,1-2H3. The van der Waals surface area contributed by atoms with Crippen LogP contribution < -0.4 is 5.73 Å². The predicted octanol–water partition coefficient (Wildman–Crippen LogP) is 2.37. The van der Waals surface area contributed by atoms with Gasteiger partial charge in [0.05, 0.1) is 25.1 Å². The number of aromatic nitrogens is 1. The van der Waals surface area contributed by atoms with Crippen molar-refractivity contribution < 1.29 is 13.6 Å². The number of thiazole rings is 1. The minimum absolute atomic E-state index is 0.213. The molecule has 2 N–H and O–H groups in total. The third-order valence-electron chi connectivity index (χ3n) is 1.78. The van der Waals surface area contributed by atoms with E-state index in [1.54, 1.807) is 13.8 Å². The van der Waals surface area contributed by atoms with E-state index < -0.39 is 7.60 Å². The van der Waals surface area contributed by atoms with E-state index in [1.807, 2.05) is 5.38 Å². The molecule has 7 heteroatoms. The zero-order valence-electron chi connectivity index (χ0n) is 9.51. The lowest BCUT2D eigenvalue weighted by Gasteiger charge is -2.15. The summed E-state index contributed by atoms with van der Waals surface area (Å²) in [6.07, 6.45) is 0.213. The molecule has 1 aromatic heterocycles. The molecule has 0 atom stereocenters. The summed E-state index contributed by atoms with van der Waals surface area (Å²) in [5.41, 5.74) is 6.18. The Morgan fingerprint density at radius 2 is 2.06 bits per heavy atom. The van der Waals surface area contributed by atoms with Gasteiger partial charge >= 0.3 is 7.60 Å². The molecule has 1 heterocycles. The van der Waals surface area contributed by atoms with Crippen LogP contribution in [0.3, 0.4) is 0 Å². The first kappa shape index (κ1) is 13.8. The van der Waals surface area contributed by atoms with Crippen molar-refractivity contribution in [1.82, 2.24) is 4.98 Å². The molecule has 0 spiro atoms. The van der Waals surface area contributed by atoms with Crippen molar-refractivity contribution in [3.63, 3.8) is 0 Å². The van der Waals surface area contributed by atoms with E-state index >= 15 is 0 Å². The summed E-state index contributed by atoms with van der Waals surface area (Å²) >= 11 is 1.46. The molecule has 0 aliphatic heterocycles. The Hall–Kier alpha value is -0.260. The van der Waals surface area contributed by atoms with Crippen LogP contribution in [0.15, 0.2) is 5.38 Å². The van der Waals surface area contributed by atoms with Crippen LogP contribution in [0.25, 0.3) is 0 Å². The maximum absolute atomic E-state index is 12.2. The monoisotopic (exact) mass is 264 g/mol. The van der Waals surface area contributed by atoms with Gasteiger partial charge < -0.3 is 14.8 Å². The van der Waals surface area contributed by atoms with Gasteiger partial charge in [-0.25, -0.2) is 4.98 Å². The molecule has 92 valence electrons. The summed E-state index contributed by atoms with van der Waals surface area (Å²) in [6.45, 7) is 4.71. The molecular formula is C9H17N2O3PS. The Morgan fingerprint density at radius 1 is 1.44 bits per heavy atom. The molecule has 0 saturated heterocycles. The SMILES string of the molecule is CCOP(=O)(Cc1csc(CN)n1)OCC. The molecule has 0 fully saturated rings. The molecule has 0 aliphatic carbocycles. The van der Waals surface area contributed by atoms with Crippen molar-refractivity contribution in [2.24, 2.45) is 5.73 Å². The molecule has 0 unspecified atom stereocenters. The number of nitrogens with zero attached hydrogens (tertiary/aromatic N) is 1. The van der Waals surface area contributed by atoms with Gasteiger partial charge in [0.1, 0.15) is 5.01 Å². The summed E-state index contributed by atoms with van der Waals surface area (Å²) in [6, 6.07) is 0. The summed E-state index contributed by atoms with van der Waals surface area (Å²) in [7, 11) is -3.04. The van der Waals surface area contributed by atoms with Crippen molar-refractivity contribution in [3.05, 3.63) is 16.1 Å². The Balaban J connectivity index is 2.71. The van der Waals surface area contributed by atoms with E-state index in [0.29, 0.717) is 19.8 Å². The van der Waals surface area contributed by atoms with Gasteiger partial charge in [0, 0.05) is 11.9 Å². The Kier molecular flexibility index (Phi) is 5.58. The van der Waals surface area contributed by atoms with Gasteiger partial charge in [0.15, 0.2) is 0 Å². The third-order valence-corrected chi connectivity index (χ3v) is 4.72. The van der Waals surface area contributed by atoms with E-state index in [1.165, 1.54) is 11.3 Å². The molecule has 5 nitrogen and oxygen atoms in total. The number of hydrogen-bond acceptors (Lipinski definition) is 6. The fraction of sp³-hybridized carbons (Fsp3) is 0.667. The van der Waals surface area contributed by atoms with Crippen LogP contribution in [0, 0.1) is 0 Å². The molecule has 0 radical (unpaired) electrons. The largest absolute Gasteiger partial charge is 0.336 e. The highest BCUT2D eigenvalue weighted by Gasteiger charge is 2.25. The number of hydrogen-bond donors (Lipinski definition) is 1. The smallest absolute Gasteiger partial charge is 0.325 e. The first-order chi connectivity index (χ1) is 7.63. The predicted molar refractivity (Wildman–Crippen MR) is 64.6 cm³/mol. The zero-order valence-corrected chi connectivity index (χ0v) is 11.2. The van der Waals surface area contributed by atoms with Crippen LogP contribution in [0.5, 0.6) is 0 Å². The highest BCUT2D eigenvalue weighted by atomic mass is 32.1. The van der Waals surface area contributed by atoms with Gasteiger partial charge in [0.2, 0.25) is 0 Å². The molecular weight excluding hydrogens is 247 g/mol. The summed E-state index contributed by atoms with van der Waals surface area (Å²) in [4.78, 5) is 4.24. The van der Waals surface area contributed by atoms with Crippen molar-refractivity contribution in [1.29, 1.82) is 0 Å². The normalized spacial score (nSPS) is 11.9. The third kappa shape index (κ3) is 3.96. The summed E-state index contributed by atoms with van der Waals surface area (Å²) in [5.74, 6) is 0. The summed E-state index contributed by atoms with van der Waals surface area (Å²) in [5, 5.41) is 2.67. The molecule has 1 rings (SSSR count). The van der Waals surface area contributed by atoms with E-state index in [2.05, 4.69) is 4.98 Å². The van der Waals surface area contributed by atoms with Crippen LogP contribution in [-0.2, 0) is 26.3 Å². The van der Waals surface area contributed by atoms with Crippen molar-refractivity contribution in [2.45, 2.75) is 26.6 Å². The molecule has 16 heavy (non-hydrogen) atoms. The van der Waals surface area contributed by atoms with Crippen LogP contribution in [0.4, 0.5) is 0 Å². The lowest BCUT2D eigenvalue weighted by molar-refractivity contribution is 0.219. The van der Waals surface area contributed by atoms with E-state index in [4.69, 9.17) is 14.8 Å². The van der Waals surface area contributed by atoms with Crippen LogP contribution in [0.2, 0.25) is 0 Å². The maximum Gasteiger partial charge on any atom is 0.336 e. The van der Waals surface area contributed by atoms with Crippen molar-refractivity contribution in [2.75, 3.05) is 13.2 Å². The fourth-order valence-corrected chi connectivity index (χ4v) is 3.64. The van der Waals surface area contributed by atoms with Gasteiger partial charge in [-0.1, -0.05) is 0 Å². The van der Waals surface area contributed by atoms with Crippen LogP contribution in [0.1, 0.15) is 24.5 Å². The van der Waals surface area contributed by atoms with Gasteiger partial charge in [0.25, 0.3) is 0 Å². The summed E-state index contributed by atoms with van der Waals surface area (Å²) < 4.78 is 22.5. The Morgan fingerprint density at radius 3 is 2.50 bits per heavy atom. The second-order valence-corrected chi connectivity index (χ2v) is 6.04. The van der Waals surface area contributed by atoms with Gasteiger partial charge in [-0.15, -0.1) is 11.3 Å². The average Bonchev–Trinajstić information content (AvgIpc) is 2.65. The Labute approximate surface area is 99.5 Å². The quantitative estimate of drug-likeness (QED) is 0.765. The van der Waals surface area contributed by atoms with Crippen LogP contribution in [-0.4, -0.2) is 18.2 Å². The molecule has 0 amide bonds. The molecule has 0 aliphatic rings. The lowest BCUT2D eigenvalue weighted by atomic mass is 10.6. The van der Waals surface area contributed by atoms with E-state index in [-0.39, 0.29) is 6.16 Å². The topological polar surface area (TPSA) is 74.4 Å². The minimum Gasteiger partial charge on any atom is -0.325 e. The Bertz CT molecular complexity index is 359. The van der Waals surface area contributed by atoms with Crippen LogP contribution >= 0.6 is 18.9 Å². The van der Waals surface area contributed by atoms with Crippen molar-refractivity contribution in [3.8, 4) is 0 Å². The highest BCUT2D eigenvalue weighted by Crippen LogP contribution is 2.51. The van der Waals surface area contributed by atoms with Gasteiger partial charge in [-0.3, -0.25) is 4.57 Å². The van der Waals surface area contributed by atoms with Gasteiger partial charge in [-0.2, -0.15) is 0 Å². The van der Waals surface area contributed by atoms with E-state index in [9.17, 15) is 4.57 Å². The average molecular weight is 264 g/mol. The molecule has 0 saturated carbocycles. The second-order valence-electron chi connectivity index (χ2n) is 3.04. The highest BCUT2D eigenvalue weighted by molar-refractivity contribution is 7.53. The van der Waals surface area contributed by atoms with Crippen molar-refractivity contribution >= 4 is 18.9 Å². The molecule has 1 aromatic rings. The van der Waals surface area contributed by atoms with E-state index in [0.717, 1.165) is 10.7 Å². The second kappa shape index (κ2) is 6.47. The maximum atomic E-state index is 12.2. The molecule has 0 aromatic carbocycles. The number of rotatable bonds is 7. The first-order valence-corrected chi connectivity index (χ1v) is 7.75. The molecule has 0 bridgehead atoms. The first-order valence-electron chi connectivity index (χ1n) is 5.15. The van der Waals surface area contributed by atoms with Gasteiger partial charge in [-0.05, 0) is 13.8 Å². The fourth-order valence-electron chi connectivity index (χ4n) is 1.24.